The average Bonchev–Trinajstić information content (AvgIpc) is 2.20. The summed E-state index contributed by atoms with van der Waals surface area (Å²) in [5, 5.41) is 4.51. The first kappa shape index (κ1) is 14.5. The van der Waals surface area contributed by atoms with E-state index in [0.29, 0.717) is 11.4 Å². The van der Waals surface area contributed by atoms with Crippen LogP contribution >= 0.6 is 27.5 Å². The second kappa shape index (κ2) is 6.41. The zero-order chi connectivity index (χ0) is 12.9. The third-order valence-electron chi connectivity index (χ3n) is 2.51. The molecule has 1 rings (SSSR count). The SMILES string of the molecule is CC(C)(CCBr)NC(=O)Cc1ccccc1Cl. The highest BCUT2D eigenvalue weighted by Gasteiger charge is 2.19. The first-order valence-corrected chi connectivity index (χ1v) is 7.05. The van der Waals surface area contributed by atoms with E-state index < -0.39 is 0 Å². The summed E-state index contributed by atoms with van der Waals surface area (Å²) in [5.74, 6) is 0.00375. The minimum atomic E-state index is -0.193. The number of hydrogen-bond acceptors (Lipinski definition) is 1. The second-order valence-corrected chi connectivity index (χ2v) is 5.84. The fourth-order valence-corrected chi connectivity index (χ4v) is 2.73. The van der Waals surface area contributed by atoms with Crippen molar-refractivity contribution in [3.8, 4) is 0 Å². The third-order valence-corrected chi connectivity index (χ3v) is 3.27. The topological polar surface area (TPSA) is 29.1 Å². The molecule has 0 aliphatic heterocycles. The Morgan fingerprint density at radius 3 is 2.65 bits per heavy atom. The first-order valence-electron chi connectivity index (χ1n) is 5.55. The zero-order valence-corrected chi connectivity index (χ0v) is 12.4. The van der Waals surface area contributed by atoms with Gasteiger partial charge in [0.15, 0.2) is 0 Å². The van der Waals surface area contributed by atoms with E-state index in [1.54, 1.807) is 6.07 Å². The van der Waals surface area contributed by atoms with Crippen LogP contribution in [0.5, 0.6) is 0 Å². The molecular formula is C13H17BrClNO. The number of amides is 1. The molecule has 2 nitrogen and oxygen atoms in total. The summed E-state index contributed by atoms with van der Waals surface area (Å²) in [6.45, 7) is 4.03. The van der Waals surface area contributed by atoms with Crippen LogP contribution in [-0.4, -0.2) is 16.8 Å². The second-order valence-electron chi connectivity index (χ2n) is 4.64. The highest BCUT2D eigenvalue weighted by atomic mass is 79.9. The van der Waals surface area contributed by atoms with E-state index in [-0.39, 0.29) is 11.4 Å². The van der Waals surface area contributed by atoms with Gasteiger partial charge in [-0.15, -0.1) is 0 Å². The van der Waals surface area contributed by atoms with Crippen molar-refractivity contribution in [2.24, 2.45) is 0 Å². The number of nitrogens with one attached hydrogen (secondary N) is 1. The maximum Gasteiger partial charge on any atom is 0.224 e. The lowest BCUT2D eigenvalue weighted by atomic mass is 10.0. The number of alkyl halides is 1. The van der Waals surface area contributed by atoms with Crippen LogP contribution in [0.25, 0.3) is 0 Å². The van der Waals surface area contributed by atoms with E-state index in [1.807, 2.05) is 32.0 Å². The van der Waals surface area contributed by atoms with Gasteiger partial charge in [0.1, 0.15) is 0 Å². The fourth-order valence-electron chi connectivity index (χ4n) is 1.54. The lowest BCUT2D eigenvalue weighted by Gasteiger charge is -2.25. The van der Waals surface area contributed by atoms with Gasteiger partial charge in [-0.1, -0.05) is 45.7 Å². The summed E-state index contributed by atoms with van der Waals surface area (Å²) < 4.78 is 0. The van der Waals surface area contributed by atoms with E-state index in [9.17, 15) is 4.79 Å². The summed E-state index contributed by atoms with van der Waals surface area (Å²) in [5.41, 5.74) is 0.670. The van der Waals surface area contributed by atoms with E-state index in [0.717, 1.165) is 17.3 Å². The quantitative estimate of drug-likeness (QED) is 0.826. The molecule has 0 saturated heterocycles. The lowest BCUT2D eigenvalue weighted by molar-refractivity contribution is -0.122. The smallest absolute Gasteiger partial charge is 0.224 e. The maximum absolute atomic E-state index is 11.9. The molecule has 1 aromatic carbocycles. The number of rotatable bonds is 5. The zero-order valence-electron chi connectivity index (χ0n) is 10.1. The van der Waals surface area contributed by atoms with Crippen molar-refractivity contribution in [1.29, 1.82) is 0 Å². The van der Waals surface area contributed by atoms with Crippen LogP contribution in [0.3, 0.4) is 0 Å². The van der Waals surface area contributed by atoms with Crippen LogP contribution in [-0.2, 0) is 11.2 Å². The normalized spacial score (nSPS) is 11.3. The van der Waals surface area contributed by atoms with Crippen LogP contribution in [0.15, 0.2) is 24.3 Å². The Balaban J connectivity index is 2.59. The lowest BCUT2D eigenvalue weighted by Crippen LogP contribution is -2.44. The summed E-state index contributed by atoms with van der Waals surface area (Å²) in [6.07, 6.45) is 1.21. The summed E-state index contributed by atoms with van der Waals surface area (Å²) in [6, 6.07) is 7.42. The molecule has 4 heteroatoms. The van der Waals surface area contributed by atoms with Crippen LogP contribution in [0.2, 0.25) is 5.02 Å². The Kier molecular flexibility index (Phi) is 5.47. The fraction of sp³-hybridized carbons (Fsp3) is 0.462. The molecular weight excluding hydrogens is 302 g/mol. The van der Waals surface area contributed by atoms with Gasteiger partial charge in [-0.3, -0.25) is 4.79 Å². The van der Waals surface area contributed by atoms with E-state index in [1.165, 1.54) is 0 Å². The monoisotopic (exact) mass is 317 g/mol. The Morgan fingerprint density at radius 1 is 1.41 bits per heavy atom. The summed E-state index contributed by atoms with van der Waals surface area (Å²) in [4.78, 5) is 11.9. The van der Waals surface area contributed by atoms with Gasteiger partial charge in [-0.2, -0.15) is 0 Å². The van der Waals surface area contributed by atoms with Crippen molar-refractivity contribution in [1.82, 2.24) is 5.32 Å². The summed E-state index contributed by atoms with van der Waals surface area (Å²) in [7, 11) is 0. The first-order chi connectivity index (χ1) is 7.94. The van der Waals surface area contributed by atoms with Crippen molar-refractivity contribution < 1.29 is 4.79 Å². The van der Waals surface area contributed by atoms with Crippen molar-refractivity contribution >= 4 is 33.4 Å². The van der Waals surface area contributed by atoms with Gasteiger partial charge in [-0.25, -0.2) is 0 Å². The molecule has 1 N–H and O–H groups in total. The largest absolute Gasteiger partial charge is 0.351 e. The molecule has 0 aromatic heterocycles. The molecule has 1 amide bonds. The Labute approximate surface area is 116 Å². The van der Waals surface area contributed by atoms with Crippen molar-refractivity contribution in [2.45, 2.75) is 32.2 Å². The van der Waals surface area contributed by atoms with Gasteiger partial charge in [0.05, 0.1) is 6.42 Å². The van der Waals surface area contributed by atoms with Gasteiger partial charge >= 0.3 is 0 Å². The maximum atomic E-state index is 11.9. The van der Waals surface area contributed by atoms with Crippen LogP contribution in [0.1, 0.15) is 25.8 Å². The van der Waals surface area contributed by atoms with Gasteiger partial charge in [-0.05, 0) is 31.9 Å². The minimum Gasteiger partial charge on any atom is -0.351 e. The standard InChI is InChI=1S/C13H17BrClNO/c1-13(2,7-8-14)16-12(17)9-10-5-3-4-6-11(10)15/h3-6H,7-9H2,1-2H3,(H,16,17). The van der Waals surface area contributed by atoms with E-state index in [4.69, 9.17) is 11.6 Å². The van der Waals surface area contributed by atoms with Gasteiger partial charge in [0, 0.05) is 15.9 Å². The Hall–Kier alpha value is -0.540. The molecule has 0 atom stereocenters. The molecule has 0 bridgehead atoms. The Bertz CT molecular complexity index is 393. The molecule has 0 aliphatic carbocycles. The number of benzene rings is 1. The van der Waals surface area contributed by atoms with Gasteiger partial charge in [0.25, 0.3) is 0 Å². The third kappa shape index (κ3) is 5.09. The molecule has 1 aromatic rings. The van der Waals surface area contributed by atoms with Crippen molar-refractivity contribution in [3.63, 3.8) is 0 Å². The molecule has 0 fully saturated rings. The number of hydrogen-bond donors (Lipinski definition) is 1. The molecule has 0 spiro atoms. The number of halogens is 2. The van der Waals surface area contributed by atoms with Gasteiger partial charge in [0.2, 0.25) is 5.91 Å². The highest BCUT2D eigenvalue weighted by molar-refractivity contribution is 9.09. The molecule has 94 valence electrons. The van der Waals surface area contributed by atoms with Crippen LogP contribution in [0.4, 0.5) is 0 Å². The van der Waals surface area contributed by atoms with E-state index >= 15 is 0 Å². The number of carbonyl (C=O) groups is 1. The molecule has 0 radical (unpaired) electrons. The van der Waals surface area contributed by atoms with Crippen molar-refractivity contribution in [2.75, 3.05) is 5.33 Å². The summed E-state index contributed by atoms with van der Waals surface area (Å²) >= 11 is 9.39. The highest BCUT2D eigenvalue weighted by Crippen LogP contribution is 2.16. The molecule has 0 aliphatic rings. The molecule has 0 saturated carbocycles. The predicted octanol–water partition coefficient (Wildman–Crippen LogP) is 3.56. The number of carbonyl (C=O) groups excluding carboxylic acids is 1. The Morgan fingerprint density at radius 2 is 2.06 bits per heavy atom. The average molecular weight is 319 g/mol. The predicted molar refractivity (Wildman–Crippen MR) is 75.8 cm³/mol. The van der Waals surface area contributed by atoms with Crippen LogP contribution in [0, 0.1) is 0 Å². The minimum absolute atomic E-state index is 0.00375. The van der Waals surface area contributed by atoms with E-state index in [2.05, 4.69) is 21.2 Å². The molecule has 0 heterocycles. The molecule has 0 unspecified atom stereocenters. The van der Waals surface area contributed by atoms with Gasteiger partial charge < -0.3 is 5.32 Å². The van der Waals surface area contributed by atoms with Crippen LogP contribution < -0.4 is 5.32 Å². The molecule has 17 heavy (non-hydrogen) atoms. The van der Waals surface area contributed by atoms with Crippen molar-refractivity contribution in [3.05, 3.63) is 34.9 Å².